The predicted octanol–water partition coefficient (Wildman–Crippen LogP) is 0.647. The first kappa shape index (κ1) is 16.6. The molecule has 3 rings (SSSR count). The summed E-state index contributed by atoms with van der Waals surface area (Å²) in [4.78, 5) is 20.9. The number of nitrogens with one attached hydrogen (secondary N) is 2. The number of piperazine rings is 1. The maximum atomic E-state index is 11.9. The van der Waals surface area contributed by atoms with Crippen molar-refractivity contribution >= 4 is 11.9 Å². The Labute approximate surface area is 139 Å². The van der Waals surface area contributed by atoms with Crippen LogP contribution in [-0.4, -0.2) is 73.5 Å². The van der Waals surface area contributed by atoms with Gasteiger partial charge in [0.05, 0.1) is 6.54 Å². The molecule has 0 aromatic heterocycles. The Morgan fingerprint density at radius 1 is 1.17 bits per heavy atom. The molecule has 1 heterocycles. The Morgan fingerprint density at radius 3 is 2.52 bits per heavy atom. The van der Waals surface area contributed by atoms with E-state index in [4.69, 9.17) is 0 Å². The lowest BCUT2D eigenvalue weighted by molar-refractivity contribution is -0.122. The van der Waals surface area contributed by atoms with Crippen LogP contribution in [0.2, 0.25) is 0 Å². The summed E-state index contributed by atoms with van der Waals surface area (Å²) in [5.74, 6) is 2.06. The van der Waals surface area contributed by atoms with Crippen molar-refractivity contribution in [3.05, 3.63) is 0 Å². The molecule has 3 aliphatic rings. The smallest absolute Gasteiger partial charge is 0.234 e. The van der Waals surface area contributed by atoms with Crippen LogP contribution in [0.5, 0.6) is 0 Å². The fraction of sp³-hybridized carbons (Fsp3) is 0.882. The van der Waals surface area contributed by atoms with E-state index in [0.717, 1.165) is 50.9 Å². The van der Waals surface area contributed by atoms with Crippen molar-refractivity contribution in [1.82, 2.24) is 20.4 Å². The lowest BCUT2D eigenvalue weighted by atomic mass is 10.2. The van der Waals surface area contributed by atoms with E-state index >= 15 is 0 Å². The molecular formula is C17H31N5O. The SMILES string of the molecule is CCC[C@@H]1C[C@H]1NC(=NC)N1CCN(CC(=O)NC2CC2)CC1. The van der Waals surface area contributed by atoms with Crippen LogP contribution in [0.1, 0.15) is 39.0 Å². The summed E-state index contributed by atoms with van der Waals surface area (Å²) in [5.41, 5.74) is 0. The van der Waals surface area contributed by atoms with Gasteiger partial charge in [0.15, 0.2) is 5.96 Å². The molecule has 3 fully saturated rings. The van der Waals surface area contributed by atoms with Gasteiger partial charge in [0.1, 0.15) is 0 Å². The molecule has 0 spiro atoms. The van der Waals surface area contributed by atoms with E-state index < -0.39 is 0 Å². The molecule has 6 heteroatoms. The van der Waals surface area contributed by atoms with Gasteiger partial charge in [-0.15, -0.1) is 0 Å². The van der Waals surface area contributed by atoms with Crippen LogP contribution in [-0.2, 0) is 4.79 Å². The first-order chi connectivity index (χ1) is 11.2. The summed E-state index contributed by atoms with van der Waals surface area (Å²) in [6.07, 6.45) is 6.18. The summed E-state index contributed by atoms with van der Waals surface area (Å²) in [6, 6.07) is 1.08. The molecule has 2 saturated carbocycles. The van der Waals surface area contributed by atoms with Crippen LogP contribution < -0.4 is 10.6 Å². The topological polar surface area (TPSA) is 60.0 Å². The molecule has 1 amide bonds. The highest BCUT2D eigenvalue weighted by Gasteiger charge is 2.37. The second-order valence-electron chi connectivity index (χ2n) is 7.19. The average molecular weight is 321 g/mol. The summed E-state index contributed by atoms with van der Waals surface area (Å²) in [7, 11) is 1.87. The maximum absolute atomic E-state index is 11.9. The molecule has 2 atom stereocenters. The Hall–Kier alpha value is -1.30. The van der Waals surface area contributed by atoms with Gasteiger partial charge in [-0.1, -0.05) is 13.3 Å². The van der Waals surface area contributed by atoms with Gasteiger partial charge in [-0.3, -0.25) is 14.7 Å². The molecule has 0 radical (unpaired) electrons. The number of aliphatic imine (C=N–C) groups is 1. The first-order valence-corrected chi connectivity index (χ1v) is 9.19. The third kappa shape index (κ3) is 4.83. The van der Waals surface area contributed by atoms with Gasteiger partial charge in [-0.05, 0) is 31.6 Å². The molecule has 1 aliphatic heterocycles. The van der Waals surface area contributed by atoms with E-state index in [-0.39, 0.29) is 5.91 Å². The van der Waals surface area contributed by atoms with Crippen LogP contribution in [0, 0.1) is 5.92 Å². The quantitative estimate of drug-likeness (QED) is 0.557. The van der Waals surface area contributed by atoms with Crippen molar-refractivity contribution in [2.24, 2.45) is 10.9 Å². The standard InChI is InChI=1S/C17H31N5O/c1-3-4-13-11-15(13)20-17(18-2)22-9-7-21(8-10-22)12-16(23)19-14-5-6-14/h13-15H,3-12H2,1-2H3,(H,18,20)(H,19,23)/t13-,15-/m1/s1. The normalized spacial score (nSPS) is 28.6. The summed E-state index contributed by atoms with van der Waals surface area (Å²) < 4.78 is 0. The Morgan fingerprint density at radius 2 is 1.91 bits per heavy atom. The fourth-order valence-electron chi connectivity index (χ4n) is 3.40. The summed E-state index contributed by atoms with van der Waals surface area (Å²) >= 11 is 0. The third-order valence-electron chi connectivity index (χ3n) is 5.09. The minimum Gasteiger partial charge on any atom is -0.353 e. The predicted molar refractivity (Wildman–Crippen MR) is 92.5 cm³/mol. The van der Waals surface area contributed by atoms with Crippen molar-refractivity contribution in [2.45, 2.75) is 51.1 Å². The largest absolute Gasteiger partial charge is 0.353 e. The number of carbonyl (C=O) groups is 1. The fourth-order valence-corrected chi connectivity index (χ4v) is 3.40. The molecule has 0 aromatic rings. The number of rotatable bonds is 6. The van der Waals surface area contributed by atoms with Gasteiger partial charge >= 0.3 is 0 Å². The molecule has 6 nitrogen and oxygen atoms in total. The Balaban J connectivity index is 1.38. The van der Waals surface area contributed by atoms with Crippen LogP contribution in [0.15, 0.2) is 4.99 Å². The minimum atomic E-state index is 0.184. The molecule has 0 unspecified atom stereocenters. The number of guanidine groups is 1. The Bertz CT molecular complexity index is 440. The lowest BCUT2D eigenvalue weighted by Crippen LogP contribution is -2.54. The minimum absolute atomic E-state index is 0.184. The zero-order valence-electron chi connectivity index (χ0n) is 14.6. The zero-order valence-corrected chi connectivity index (χ0v) is 14.6. The molecule has 2 aliphatic carbocycles. The van der Waals surface area contributed by atoms with Gasteiger partial charge < -0.3 is 15.5 Å². The summed E-state index contributed by atoms with van der Waals surface area (Å²) in [5, 5.41) is 6.68. The van der Waals surface area contributed by atoms with Crippen molar-refractivity contribution in [3.8, 4) is 0 Å². The molecule has 2 N–H and O–H groups in total. The van der Waals surface area contributed by atoms with Crippen molar-refractivity contribution < 1.29 is 4.79 Å². The van der Waals surface area contributed by atoms with Gasteiger partial charge in [-0.25, -0.2) is 0 Å². The third-order valence-corrected chi connectivity index (χ3v) is 5.09. The van der Waals surface area contributed by atoms with Crippen molar-refractivity contribution in [2.75, 3.05) is 39.8 Å². The highest BCUT2D eigenvalue weighted by molar-refractivity contribution is 5.81. The number of nitrogens with zero attached hydrogens (tertiary/aromatic N) is 3. The van der Waals surface area contributed by atoms with Crippen molar-refractivity contribution in [3.63, 3.8) is 0 Å². The van der Waals surface area contributed by atoms with Crippen LogP contribution in [0.4, 0.5) is 0 Å². The molecule has 0 aromatic carbocycles. The summed E-state index contributed by atoms with van der Waals surface area (Å²) in [6.45, 7) is 6.55. The Kier molecular flexibility index (Phi) is 5.41. The highest BCUT2D eigenvalue weighted by Crippen LogP contribution is 2.34. The number of hydrogen-bond donors (Lipinski definition) is 2. The second kappa shape index (κ2) is 7.51. The molecule has 130 valence electrons. The lowest BCUT2D eigenvalue weighted by Gasteiger charge is -2.36. The van der Waals surface area contributed by atoms with E-state index in [0.29, 0.717) is 18.6 Å². The van der Waals surface area contributed by atoms with E-state index in [1.54, 1.807) is 0 Å². The van der Waals surface area contributed by atoms with Crippen molar-refractivity contribution in [1.29, 1.82) is 0 Å². The molecule has 23 heavy (non-hydrogen) atoms. The average Bonchev–Trinajstić information content (AvgIpc) is 3.45. The molecule has 1 saturated heterocycles. The highest BCUT2D eigenvalue weighted by atomic mass is 16.2. The van der Waals surface area contributed by atoms with Crippen LogP contribution in [0.25, 0.3) is 0 Å². The van der Waals surface area contributed by atoms with E-state index in [1.807, 2.05) is 7.05 Å². The monoisotopic (exact) mass is 321 g/mol. The second-order valence-corrected chi connectivity index (χ2v) is 7.19. The van der Waals surface area contributed by atoms with Crippen LogP contribution in [0.3, 0.4) is 0 Å². The van der Waals surface area contributed by atoms with Gasteiger partial charge in [0, 0.05) is 45.3 Å². The number of amides is 1. The van der Waals surface area contributed by atoms with Gasteiger partial charge in [-0.2, -0.15) is 0 Å². The first-order valence-electron chi connectivity index (χ1n) is 9.19. The van der Waals surface area contributed by atoms with Gasteiger partial charge in [0.2, 0.25) is 5.91 Å². The van der Waals surface area contributed by atoms with E-state index in [9.17, 15) is 4.79 Å². The number of hydrogen-bond acceptors (Lipinski definition) is 3. The maximum Gasteiger partial charge on any atom is 0.234 e. The molecular weight excluding hydrogens is 290 g/mol. The number of carbonyl (C=O) groups excluding carboxylic acids is 1. The van der Waals surface area contributed by atoms with E-state index in [1.165, 1.54) is 19.3 Å². The van der Waals surface area contributed by atoms with Crippen LogP contribution >= 0.6 is 0 Å². The van der Waals surface area contributed by atoms with Gasteiger partial charge in [0.25, 0.3) is 0 Å². The van der Waals surface area contributed by atoms with E-state index in [2.05, 4.69) is 32.3 Å². The molecule has 0 bridgehead atoms. The zero-order chi connectivity index (χ0) is 16.2.